The number of carboxylic acids is 1. The molecule has 0 radical (unpaired) electrons. The first-order valence-corrected chi connectivity index (χ1v) is 13.0. The van der Waals surface area contributed by atoms with E-state index in [0.717, 1.165) is 80.9 Å². The summed E-state index contributed by atoms with van der Waals surface area (Å²) < 4.78 is 13.8. The number of aromatic nitrogens is 3. The van der Waals surface area contributed by atoms with E-state index in [2.05, 4.69) is 20.4 Å². The molecule has 1 aromatic carbocycles. The Kier molecular flexibility index (Phi) is 6.50. The van der Waals surface area contributed by atoms with Crippen molar-refractivity contribution >= 4 is 22.8 Å². The standard InChI is InChI=1S/C27H33N5O4/c33-27(34)20-7-8-22-23(15-20)32(16-21-9-14-35-21)25(28-22)17-30-10-12-31(13-11-30)24-5-2-6-26(29-24)36-18-19-3-1-4-19/h2,5-8,15,19,21H,1,3-4,9-14,16-18H2,(H,33,34). The first kappa shape index (κ1) is 23.2. The van der Waals surface area contributed by atoms with Crippen LogP contribution in [0.5, 0.6) is 5.88 Å². The molecule has 3 aliphatic rings. The number of carbonyl (C=O) groups is 1. The SMILES string of the molecule is O=C(O)c1ccc2nc(CN3CCN(c4cccc(OCC5CCC5)n4)CC3)n(CC3CCO3)c2c1. The van der Waals surface area contributed by atoms with E-state index < -0.39 is 5.97 Å². The lowest BCUT2D eigenvalue weighted by molar-refractivity contribution is -0.0592. The number of rotatable bonds is 9. The van der Waals surface area contributed by atoms with Crippen molar-refractivity contribution in [1.29, 1.82) is 0 Å². The first-order chi connectivity index (χ1) is 17.6. The number of fused-ring (bicyclic) bond motifs is 1. The van der Waals surface area contributed by atoms with Gasteiger partial charge in [-0.1, -0.05) is 12.5 Å². The molecule has 0 spiro atoms. The monoisotopic (exact) mass is 491 g/mol. The quantitative estimate of drug-likeness (QED) is 0.487. The fraction of sp³-hybridized carbons (Fsp3) is 0.519. The Morgan fingerprint density at radius 1 is 1.08 bits per heavy atom. The second-order valence-electron chi connectivity index (χ2n) is 10.1. The fourth-order valence-corrected chi connectivity index (χ4v) is 5.12. The Balaban J connectivity index is 1.12. The van der Waals surface area contributed by atoms with Crippen molar-refractivity contribution in [2.24, 2.45) is 5.92 Å². The molecule has 9 heteroatoms. The fourth-order valence-electron chi connectivity index (χ4n) is 5.12. The van der Waals surface area contributed by atoms with Gasteiger partial charge in [0.2, 0.25) is 5.88 Å². The van der Waals surface area contributed by atoms with Gasteiger partial charge in [-0.25, -0.2) is 9.78 Å². The number of ether oxygens (including phenoxy) is 2. The van der Waals surface area contributed by atoms with Crippen LogP contribution in [0.25, 0.3) is 11.0 Å². The van der Waals surface area contributed by atoms with Crippen LogP contribution in [0.3, 0.4) is 0 Å². The third kappa shape index (κ3) is 4.90. The van der Waals surface area contributed by atoms with Gasteiger partial charge < -0.3 is 24.0 Å². The molecule has 1 aliphatic carbocycles. The highest BCUT2D eigenvalue weighted by molar-refractivity contribution is 5.92. The molecule has 9 nitrogen and oxygen atoms in total. The average molecular weight is 492 g/mol. The molecule has 3 aromatic rings. The minimum absolute atomic E-state index is 0.163. The van der Waals surface area contributed by atoms with Gasteiger partial charge >= 0.3 is 5.97 Å². The van der Waals surface area contributed by atoms with Crippen LogP contribution in [0.1, 0.15) is 41.9 Å². The van der Waals surface area contributed by atoms with Gasteiger partial charge in [0, 0.05) is 38.9 Å². The summed E-state index contributed by atoms with van der Waals surface area (Å²) in [6, 6.07) is 11.2. The van der Waals surface area contributed by atoms with E-state index in [1.807, 2.05) is 18.2 Å². The summed E-state index contributed by atoms with van der Waals surface area (Å²) in [4.78, 5) is 25.9. The van der Waals surface area contributed by atoms with Crippen LogP contribution in [0.15, 0.2) is 36.4 Å². The molecule has 0 amide bonds. The van der Waals surface area contributed by atoms with Gasteiger partial charge in [-0.15, -0.1) is 0 Å². The van der Waals surface area contributed by atoms with Crippen molar-refractivity contribution in [3.63, 3.8) is 0 Å². The van der Waals surface area contributed by atoms with Gasteiger partial charge in [0.25, 0.3) is 0 Å². The summed E-state index contributed by atoms with van der Waals surface area (Å²) in [6.45, 7) is 6.54. The Morgan fingerprint density at radius 3 is 2.61 bits per heavy atom. The largest absolute Gasteiger partial charge is 0.478 e. The number of anilines is 1. The summed E-state index contributed by atoms with van der Waals surface area (Å²) in [5.41, 5.74) is 1.97. The number of pyridine rings is 1. The predicted molar refractivity (Wildman–Crippen MR) is 136 cm³/mol. The maximum absolute atomic E-state index is 11.5. The topological polar surface area (TPSA) is 93.0 Å². The van der Waals surface area contributed by atoms with Gasteiger partial charge in [0.15, 0.2) is 0 Å². The van der Waals surface area contributed by atoms with Crippen LogP contribution in [-0.2, 0) is 17.8 Å². The number of hydrogen-bond donors (Lipinski definition) is 1. The molecular weight excluding hydrogens is 458 g/mol. The summed E-state index contributed by atoms with van der Waals surface area (Å²) >= 11 is 0. The molecular formula is C27H33N5O4. The van der Waals surface area contributed by atoms with E-state index in [1.165, 1.54) is 19.3 Å². The first-order valence-electron chi connectivity index (χ1n) is 13.0. The zero-order valence-electron chi connectivity index (χ0n) is 20.5. The van der Waals surface area contributed by atoms with Crippen molar-refractivity contribution in [3.05, 3.63) is 47.8 Å². The third-order valence-corrected chi connectivity index (χ3v) is 7.72. The molecule has 4 heterocycles. The van der Waals surface area contributed by atoms with Crippen LogP contribution in [0.2, 0.25) is 0 Å². The van der Waals surface area contributed by atoms with E-state index in [1.54, 1.807) is 12.1 Å². The van der Waals surface area contributed by atoms with Crippen molar-refractivity contribution in [2.75, 3.05) is 44.3 Å². The van der Waals surface area contributed by atoms with Gasteiger partial charge in [-0.3, -0.25) is 4.90 Å². The number of imidazole rings is 1. The highest BCUT2D eigenvalue weighted by atomic mass is 16.5. The number of benzene rings is 1. The Morgan fingerprint density at radius 2 is 1.92 bits per heavy atom. The van der Waals surface area contributed by atoms with Crippen LogP contribution in [0.4, 0.5) is 5.82 Å². The second kappa shape index (κ2) is 10.1. The van der Waals surface area contributed by atoms with Crippen LogP contribution >= 0.6 is 0 Å². The van der Waals surface area contributed by atoms with Crippen molar-refractivity contribution in [1.82, 2.24) is 19.4 Å². The number of piperazine rings is 1. The zero-order chi connectivity index (χ0) is 24.5. The molecule has 2 aliphatic heterocycles. The van der Waals surface area contributed by atoms with Crippen molar-refractivity contribution in [2.45, 2.75) is 44.9 Å². The highest BCUT2D eigenvalue weighted by Gasteiger charge is 2.25. The lowest BCUT2D eigenvalue weighted by Crippen LogP contribution is -2.46. The molecule has 1 atom stereocenters. The van der Waals surface area contributed by atoms with Crippen molar-refractivity contribution < 1.29 is 19.4 Å². The molecule has 2 saturated heterocycles. The van der Waals surface area contributed by atoms with Gasteiger partial charge in [0.05, 0.1) is 42.4 Å². The lowest BCUT2D eigenvalue weighted by atomic mass is 9.86. The Hall–Kier alpha value is -3.17. The van der Waals surface area contributed by atoms with Gasteiger partial charge in [0.1, 0.15) is 11.6 Å². The summed E-state index contributed by atoms with van der Waals surface area (Å²) in [5.74, 6) is 2.41. The third-order valence-electron chi connectivity index (χ3n) is 7.72. The number of nitrogens with zero attached hydrogens (tertiary/aromatic N) is 5. The summed E-state index contributed by atoms with van der Waals surface area (Å²) in [5, 5.41) is 9.47. The van der Waals surface area contributed by atoms with Crippen LogP contribution in [-0.4, -0.2) is 76.0 Å². The second-order valence-corrected chi connectivity index (χ2v) is 10.1. The van der Waals surface area contributed by atoms with Crippen LogP contribution < -0.4 is 9.64 Å². The van der Waals surface area contributed by atoms with Gasteiger partial charge in [-0.05, 0) is 49.4 Å². The van der Waals surface area contributed by atoms with Crippen LogP contribution in [0, 0.1) is 5.92 Å². The predicted octanol–water partition coefficient (Wildman–Crippen LogP) is 3.42. The maximum Gasteiger partial charge on any atom is 0.335 e. The maximum atomic E-state index is 11.5. The van der Waals surface area contributed by atoms with E-state index in [0.29, 0.717) is 12.5 Å². The molecule has 1 saturated carbocycles. The minimum Gasteiger partial charge on any atom is -0.478 e. The molecule has 190 valence electrons. The molecule has 3 fully saturated rings. The molecule has 36 heavy (non-hydrogen) atoms. The number of hydrogen-bond acceptors (Lipinski definition) is 7. The lowest BCUT2D eigenvalue weighted by Gasteiger charge is -2.35. The molecule has 6 rings (SSSR count). The highest BCUT2D eigenvalue weighted by Crippen LogP contribution is 2.28. The minimum atomic E-state index is -0.923. The van der Waals surface area contributed by atoms with E-state index in [9.17, 15) is 9.90 Å². The molecule has 2 aromatic heterocycles. The zero-order valence-corrected chi connectivity index (χ0v) is 20.5. The Labute approximate surface area is 210 Å². The molecule has 1 unspecified atom stereocenters. The number of carboxylic acid groups (broad SMARTS) is 1. The van der Waals surface area contributed by atoms with E-state index >= 15 is 0 Å². The van der Waals surface area contributed by atoms with E-state index in [4.69, 9.17) is 19.4 Å². The Bertz CT molecular complexity index is 1230. The number of aromatic carboxylic acids is 1. The van der Waals surface area contributed by atoms with Gasteiger partial charge in [-0.2, -0.15) is 4.98 Å². The smallest absolute Gasteiger partial charge is 0.335 e. The molecule has 1 N–H and O–H groups in total. The molecule has 0 bridgehead atoms. The van der Waals surface area contributed by atoms with Crippen molar-refractivity contribution in [3.8, 4) is 5.88 Å². The van der Waals surface area contributed by atoms with E-state index in [-0.39, 0.29) is 11.7 Å². The average Bonchev–Trinajstić information content (AvgIpc) is 3.17. The normalized spacial score (nSPS) is 20.8. The summed E-state index contributed by atoms with van der Waals surface area (Å²) in [7, 11) is 0. The summed E-state index contributed by atoms with van der Waals surface area (Å²) in [6.07, 6.45) is 5.04.